The van der Waals surface area contributed by atoms with Crippen LogP contribution in [0.1, 0.15) is 41.6 Å². The van der Waals surface area contributed by atoms with Crippen LogP contribution in [0, 0.1) is 0 Å². The highest BCUT2D eigenvalue weighted by atomic mass is 32.2. The fraction of sp³-hybridized carbons (Fsp3) is 0.240. The van der Waals surface area contributed by atoms with Gasteiger partial charge in [0, 0.05) is 36.2 Å². The average Bonchev–Trinajstić information content (AvgIpc) is 3.37. The van der Waals surface area contributed by atoms with Crippen LogP contribution in [0.25, 0.3) is 0 Å². The smallest absolute Gasteiger partial charge is 0.319 e. The molecule has 1 aromatic heterocycles. The number of rotatable bonds is 7. The molecule has 1 heterocycles. The van der Waals surface area contributed by atoms with Crippen LogP contribution in [-0.4, -0.2) is 31.4 Å². The number of aromatic nitrogens is 1. The SMILES string of the molecule is O=C(NCc1cccnc1)Nc1ccc(S(=O)(=O)c2cccc(C(=O)NC3CCCC3)c2)cc1. The number of benzene rings is 2. The van der Waals surface area contributed by atoms with Crippen molar-refractivity contribution in [1.29, 1.82) is 0 Å². The fourth-order valence-corrected chi connectivity index (χ4v) is 5.16. The molecule has 1 aliphatic carbocycles. The van der Waals surface area contributed by atoms with E-state index in [0.29, 0.717) is 17.8 Å². The molecule has 3 amide bonds. The highest BCUT2D eigenvalue weighted by Crippen LogP contribution is 2.24. The molecule has 4 rings (SSSR count). The van der Waals surface area contributed by atoms with Crippen molar-refractivity contribution in [2.75, 3.05) is 5.32 Å². The second kappa shape index (κ2) is 10.5. The molecule has 8 nitrogen and oxygen atoms in total. The van der Waals surface area contributed by atoms with Gasteiger partial charge in [0.1, 0.15) is 0 Å². The number of urea groups is 1. The minimum atomic E-state index is -3.83. The number of nitrogens with one attached hydrogen (secondary N) is 3. The van der Waals surface area contributed by atoms with Gasteiger partial charge in [-0.2, -0.15) is 0 Å². The molecule has 1 fully saturated rings. The van der Waals surface area contributed by atoms with E-state index >= 15 is 0 Å². The number of amides is 3. The Bertz CT molecular complexity index is 1260. The number of sulfone groups is 1. The molecule has 0 unspecified atom stereocenters. The van der Waals surface area contributed by atoms with Crippen molar-refractivity contribution in [3.05, 3.63) is 84.2 Å². The van der Waals surface area contributed by atoms with Crippen LogP contribution < -0.4 is 16.0 Å². The van der Waals surface area contributed by atoms with Crippen LogP contribution in [0.3, 0.4) is 0 Å². The Kier molecular flexibility index (Phi) is 7.22. The summed E-state index contributed by atoms with van der Waals surface area (Å²) in [5, 5.41) is 8.36. The second-order valence-corrected chi connectivity index (χ2v) is 10.1. The predicted molar refractivity (Wildman–Crippen MR) is 128 cm³/mol. The highest BCUT2D eigenvalue weighted by molar-refractivity contribution is 7.91. The van der Waals surface area contributed by atoms with Gasteiger partial charge < -0.3 is 16.0 Å². The molecule has 34 heavy (non-hydrogen) atoms. The Balaban J connectivity index is 1.40. The minimum Gasteiger partial charge on any atom is -0.349 e. The van der Waals surface area contributed by atoms with Crippen molar-refractivity contribution in [3.63, 3.8) is 0 Å². The summed E-state index contributed by atoms with van der Waals surface area (Å²) in [6.07, 6.45) is 7.40. The number of hydrogen-bond donors (Lipinski definition) is 3. The van der Waals surface area contributed by atoms with E-state index in [1.54, 1.807) is 30.6 Å². The van der Waals surface area contributed by atoms with Gasteiger partial charge in [-0.25, -0.2) is 13.2 Å². The molecule has 9 heteroatoms. The summed E-state index contributed by atoms with van der Waals surface area (Å²) in [4.78, 5) is 28.8. The first kappa shape index (κ1) is 23.4. The minimum absolute atomic E-state index is 0.0431. The first-order chi connectivity index (χ1) is 16.4. The third kappa shape index (κ3) is 5.79. The van der Waals surface area contributed by atoms with E-state index in [1.165, 1.54) is 36.4 Å². The van der Waals surface area contributed by atoms with E-state index < -0.39 is 15.9 Å². The van der Waals surface area contributed by atoms with Gasteiger partial charge in [-0.05, 0) is 66.9 Å². The predicted octanol–water partition coefficient (Wildman–Crippen LogP) is 3.91. The first-order valence-corrected chi connectivity index (χ1v) is 12.6. The lowest BCUT2D eigenvalue weighted by Crippen LogP contribution is -2.32. The molecule has 2 aromatic carbocycles. The monoisotopic (exact) mass is 478 g/mol. The quantitative estimate of drug-likeness (QED) is 0.476. The molecule has 1 aliphatic rings. The zero-order valence-corrected chi connectivity index (χ0v) is 19.3. The van der Waals surface area contributed by atoms with E-state index in [0.717, 1.165) is 31.2 Å². The molecule has 3 N–H and O–H groups in total. The Morgan fingerprint density at radius 3 is 2.41 bits per heavy atom. The normalized spacial score (nSPS) is 13.9. The maximum absolute atomic E-state index is 13.1. The summed E-state index contributed by atoms with van der Waals surface area (Å²) in [7, 11) is -3.83. The standard InChI is InChI=1S/C25H26N4O4S/c30-24(28-20-7-1-2-8-20)19-6-3-9-23(15-19)34(32,33)22-12-10-21(11-13-22)29-25(31)27-17-18-5-4-14-26-16-18/h3-6,9-16,20H,1-2,7-8,17H2,(H,28,30)(H2,27,29,31). The summed E-state index contributed by atoms with van der Waals surface area (Å²) in [6, 6.07) is 15.3. The van der Waals surface area contributed by atoms with Crippen molar-refractivity contribution in [2.24, 2.45) is 0 Å². The lowest BCUT2D eigenvalue weighted by atomic mass is 10.2. The average molecular weight is 479 g/mol. The van der Waals surface area contributed by atoms with Crippen molar-refractivity contribution < 1.29 is 18.0 Å². The summed E-state index contributed by atoms with van der Waals surface area (Å²) in [5.41, 5.74) is 1.63. The fourth-order valence-electron chi connectivity index (χ4n) is 3.86. The second-order valence-electron chi connectivity index (χ2n) is 8.18. The van der Waals surface area contributed by atoms with Crippen molar-refractivity contribution in [3.8, 4) is 0 Å². The number of anilines is 1. The largest absolute Gasteiger partial charge is 0.349 e. The van der Waals surface area contributed by atoms with Gasteiger partial charge in [-0.1, -0.05) is 25.0 Å². The lowest BCUT2D eigenvalue weighted by Gasteiger charge is -2.13. The van der Waals surface area contributed by atoms with E-state index in [1.807, 2.05) is 6.07 Å². The third-order valence-corrected chi connectivity index (χ3v) is 7.46. The lowest BCUT2D eigenvalue weighted by molar-refractivity contribution is 0.0937. The molecule has 0 atom stereocenters. The Morgan fingerprint density at radius 1 is 0.941 bits per heavy atom. The summed E-state index contributed by atoms with van der Waals surface area (Å²) in [5.74, 6) is -0.263. The first-order valence-electron chi connectivity index (χ1n) is 11.1. The van der Waals surface area contributed by atoms with Crippen molar-refractivity contribution in [2.45, 2.75) is 48.1 Å². The van der Waals surface area contributed by atoms with Crippen LogP contribution in [0.4, 0.5) is 10.5 Å². The molecule has 0 spiro atoms. The van der Waals surface area contributed by atoms with E-state index in [2.05, 4.69) is 20.9 Å². The highest BCUT2D eigenvalue weighted by Gasteiger charge is 2.21. The van der Waals surface area contributed by atoms with Gasteiger partial charge in [0.15, 0.2) is 0 Å². The molecule has 176 valence electrons. The number of hydrogen-bond acceptors (Lipinski definition) is 5. The molecule has 3 aromatic rings. The molecule has 0 radical (unpaired) electrons. The van der Waals surface area contributed by atoms with Crippen LogP contribution in [0.2, 0.25) is 0 Å². The van der Waals surface area contributed by atoms with Crippen LogP contribution >= 0.6 is 0 Å². The van der Waals surface area contributed by atoms with E-state index in [9.17, 15) is 18.0 Å². The van der Waals surface area contributed by atoms with Gasteiger partial charge in [0.2, 0.25) is 9.84 Å². The maximum atomic E-state index is 13.1. The van der Waals surface area contributed by atoms with Gasteiger partial charge in [0.25, 0.3) is 5.91 Å². The van der Waals surface area contributed by atoms with Crippen LogP contribution in [0.15, 0.2) is 82.8 Å². The van der Waals surface area contributed by atoms with Gasteiger partial charge in [0.05, 0.1) is 9.79 Å². The number of carbonyl (C=O) groups is 2. The Morgan fingerprint density at radius 2 is 1.71 bits per heavy atom. The van der Waals surface area contributed by atoms with Crippen LogP contribution in [-0.2, 0) is 16.4 Å². The summed E-state index contributed by atoms with van der Waals surface area (Å²) >= 11 is 0. The third-order valence-electron chi connectivity index (χ3n) is 5.70. The zero-order valence-electron chi connectivity index (χ0n) is 18.5. The molecular formula is C25H26N4O4S. The number of nitrogens with zero attached hydrogens (tertiary/aromatic N) is 1. The maximum Gasteiger partial charge on any atom is 0.319 e. The molecule has 0 bridgehead atoms. The van der Waals surface area contributed by atoms with E-state index in [-0.39, 0.29) is 21.7 Å². The molecule has 0 aliphatic heterocycles. The topological polar surface area (TPSA) is 117 Å². The van der Waals surface area contributed by atoms with Gasteiger partial charge >= 0.3 is 6.03 Å². The van der Waals surface area contributed by atoms with Crippen molar-refractivity contribution >= 4 is 27.5 Å². The molecule has 1 saturated carbocycles. The summed E-state index contributed by atoms with van der Waals surface area (Å²) in [6.45, 7) is 0.316. The number of pyridine rings is 1. The summed E-state index contributed by atoms with van der Waals surface area (Å²) < 4.78 is 26.2. The Labute approximate surface area is 198 Å². The van der Waals surface area contributed by atoms with Crippen LogP contribution in [0.5, 0.6) is 0 Å². The number of carbonyl (C=O) groups excluding carboxylic acids is 2. The van der Waals surface area contributed by atoms with Gasteiger partial charge in [-0.3, -0.25) is 9.78 Å². The van der Waals surface area contributed by atoms with E-state index in [4.69, 9.17) is 0 Å². The molecule has 0 saturated heterocycles. The Hall–Kier alpha value is -3.72. The van der Waals surface area contributed by atoms with Gasteiger partial charge in [-0.15, -0.1) is 0 Å². The molecular weight excluding hydrogens is 452 g/mol. The van der Waals surface area contributed by atoms with Crippen molar-refractivity contribution in [1.82, 2.24) is 15.6 Å². The zero-order chi connectivity index (χ0) is 24.0.